The Hall–Kier alpha value is -1.000. The van der Waals surface area contributed by atoms with E-state index in [0.717, 1.165) is 24.3 Å². The van der Waals surface area contributed by atoms with Crippen molar-refractivity contribution in [3.05, 3.63) is 45.1 Å². The lowest BCUT2D eigenvalue weighted by atomic mass is 10.2. The SMILES string of the molecule is Nc1ccccc1NCCc1ccc(Br)s1. The molecule has 0 bridgehead atoms. The summed E-state index contributed by atoms with van der Waals surface area (Å²) in [5.41, 5.74) is 7.65. The van der Waals surface area contributed by atoms with Gasteiger partial charge in [-0.25, -0.2) is 0 Å². The highest BCUT2D eigenvalue weighted by Crippen LogP contribution is 2.23. The summed E-state index contributed by atoms with van der Waals surface area (Å²) in [6, 6.07) is 12.1. The third-order valence-corrected chi connectivity index (χ3v) is 3.96. The van der Waals surface area contributed by atoms with Gasteiger partial charge < -0.3 is 11.1 Å². The van der Waals surface area contributed by atoms with E-state index in [1.807, 2.05) is 24.3 Å². The van der Waals surface area contributed by atoms with Gasteiger partial charge in [0.15, 0.2) is 0 Å². The Labute approximate surface area is 108 Å². The van der Waals surface area contributed by atoms with Crippen LogP contribution in [0.15, 0.2) is 40.2 Å². The quantitative estimate of drug-likeness (QED) is 0.844. The lowest BCUT2D eigenvalue weighted by Gasteiger charge is -2.07. The fourth-order valence-electron chi connectivity index (χ4n) is 1.46. The van der Waals surface area contributed by atoms with Crippen molar-refractivity contribution in [2.24, 2.45) is 0 Å². The molecule has 0 saturated carbocycles. The number of hydrogen-bond donors (Lipinski definition) is 2. The molecule has 0 fully saturated rings. The molecule has 2 rings (SSSR count). The minimum atomic E-state index is 0.801. The maximum atomic E-state index is 5.84. The second kappa shape index (κ2) is 5.37. The molecule has 0 spiro atoms. The molecule has 16 heavy (non-hydrogen) atoms. The molecule has 0 unspecified atom stereocenters. The number of hydrogen-bond acceptors (Lipinski definition) is 3. The van der Waals surface area contributed by atoms with E-state index in [4.69, 9.17) is 5.73 Å². The molecule has 0 atom stereocenters. The van der Waals surface area contributed by atoms with Crippen LogP contribution in [0.5, 0.6) is 0 Å². The fraction of sp³-hybridized carbons (Fsp3) is 0.167. The summed E-state index contributed by atoms with van der Waals surface area (Å²) >= 11 is 5.23. The molecular formula is C12H13BrN2S. The van der Waals surface area contributed by atoms with Crippen LogP contribution < -0.4 is 11.1 Å². The fourth-order valence-corrected chi connectivity index (χ4v) is 2.95. The highest BCUT2D eigenvalue weighted by atomic mass is 79.9. The van der Waals surface area contributed by atoms with Gasteiger partial charge in [-0.05, 0) is 46.6 Å². The molecule has 1 aromatic carbocycles. The molecule has 1 heterocycles. The van der Waals surface area contributed by atoms with E-state index < -0.39 is 0 Å². The lowest BCUT2D eigenvalue weighted by molar-refractivity contribution is 1.05. The summed E-state index contributed by atoms with van der Waals surface area (Å²) in [7, 11) is 0. The van der Waals surface area contributed by atoms with Gasteiger partial charge in [-0.3, -0.25) is 0 Å². The number of nitrogens with one attached hydrogen (secondary N) is 1. The van der Waals surface area contributed by atoms with Crippen LogP contribution in [0.4, 0.5) is 11.4 Å². The van der Waals surface area contributed by atoms with Gasteiger partial charge in [0.1, 0.15) is 0 Å². The van der Waals surface area contributed by atoms with Crippen molar-refractivity contribution in [3.8, 4) is 0 Å². The van der Waals surface area contributed by atoms with Gasteiger partial charge in [-0.1, -0.05) is 12.1 Å². The number of halogens is 1. The zero-order valence-corrected chi connectivity index (χ0v) is 11.1. The predicted octanol–water partition coefficient (Wildman–Crippen LogP) is 3.75. The molecule has 2 nitrogen and oxygen atoms in total. The first kappa shape index (κ1) is 11.5. The molecule has 4 heteroatoms. The van der Waals surface area contributed by atoms with Crippen LogP contribution >= 0.6 is 27.3 Å². The number of para-hydroxylation sites is 2. The molecular weight excluding hydrogens is 284 g/mol. The Kier molecular flexibility index (Phi) is 3.85. The van der Waals surface area contributed by atoms with E-state index in [1.165, 1.54) is 8.66 Å². The largest absolute Gasteiger partial charge is 0.397 e. The van der Waals surface area contributed by atoms with Crippen LogP contribution in [-0.4, -0.2) is 6.54 Å². The normalized spacial score (nSPS) is 10.3. The maximum absolute atomic E-state index is 5.84. The van der Waals surface area contributed by atoms with Gasteiger partial charge in [0.25, 0.3) is 0 Å². The summed E-state index contributed by atoms with van der Waals surface area (Å²) in [4.78, 5) is 1.37. The van der Waals surface area contributed by atoms with Gasteiger partial charge >= 0.3 is 0 Å². The highest BCUT2D eigenvalue weighted by Gasteiger charge is 1.99. The zero-order chi connectivity index (χ0) is 11.4. The number of nitrogen functional groups attached to an aromatic ring is 1. The zero-order valence-electron chi connectivity index (χ0n) is 8.74. The van der Waals surface area contributed by atoms with Crippen molar-refractivity contribution in [2.45, 2.75) is 6.42 Å². The Bertz CT molecular complexity index is 468. The van der Waals surface area contributed by atoms with Crippen LogP contribution in [0.25, 0.3) is 0 Å². The van der Waals surface area contributed by atoms with Crippen molar-refractivity contribution in [3.63, 3.8) is 0 Å². The average molecular weight is 297 g/mol. The maximum Gasteiger partial charge on any atom is 0.0701 e. The average Bonchev–Trinajstić information content (AvgIpc) is 2.67. The van der Waals surface area contributed by atoms with Gasteiger partial charge in [0.2, 0.25) is 0 Å². The van der Waals surface area contributed by atoms with E-state index in [-0.39, 0.29) is 0 Å². The predicted molar refractivity (Wildman–Crippen MR) is 75.1 cm³/mol. The van der Waals surface area contributed by atoms with Crippen LogP contribution in [0.3, 0.4) is 0 Å². The Morgan fingerprint density at radius 3 is 2.69 bits per heavy atom. The van der Waals surface area contributed by atoms with Crippen LogP contribution in [0.2, 0.25) is 0 Å². The van der Waals surface area contributed by atoms with Crippen molar-refractivity contribution >= 4 is 38.6 Å². The third kappa shape index (κ3) is 3.00. The van der Waals surface area contributed by atoms with E-state index in [2.05, 4.69) is 33.4 Å². The number of nitrogens with two attached hydrogens (primary N) is 1. The lowest BCUT2D eigenvalue weighted by Crippen LogP contribution is -2.05. The topological polar surface area (TPSA) is 38.0 Å². The third-order valence-electron chi connectivity index (χ3n) is 2.28. The summed E-state index contributed by atoms with van der Waals surface area (Å²) in [5, 5.41) is 3.34. The molecule has 0 radical (unpaired) electrons. The number of thiophene rings is 1. The second-order valence-electron chi connectivity index (χ2n) is 3.47. The Morgan fingerprint density at radius 2 is 2.00 bits per heavy atom. The first-order chi connectivity index (χ1) is 7.75. The summed E-state index contributed by atoms with van der Waals surface area (Å²) in [6.45, 7) is 0.904. The Balaban J connectivity index is 1.87. The van der Waals surface area contributed by atoms with Crippen LogP contribution in [-0.2, 0) is 6.42 Å². The van der Waals surface area contributed by atoms with Crippen LogP contribution in [0.1, 0.15) is 4.88 Å². The Morgan fingerprint density at radius 1 is 1.19 bits per heavy atom. The number of rotatable bonds is 4. The first-order valence-corrected chi connectivity index (χ1v) is 6.69. The molecule has 0 aliphatic rings. The molecule has 0 aliphatic heterocycles. The summed E-state index contributed by atoms with van der Waals surface area (Å²) in [5.74, 6) is 0. The minimum absolute atomic E-state index is 0.801. The minimum Gasteiger partial charge on any atom is -0.397 e. The van der Waals surface area contributed by atoms with Crippen LogP contribution in [0, 0.1) is 0 Å². The summed E-state index contributed by atoms with van der Waals surface area (Å²) < 4.78 is 1.18. The number of benzene rings is 1. The van der Waals surface area contributed by atoms with Crippen molar-refractivity contribution in [2.75, 3.05) is 17.6 Å². The monoisotopic (exact) mass is 296 g/mol. The van der Waals surface area contributed by atoms with Crippen molar-refractivity contribution in [1.82, 2.24) is 0 Å². The van der Waals surface area contributed by atoms with E-state index >= 15 is 0 Å². The van der Waals surface area contributed by atoms with Crippen molar-refractivity contribution < 1.29 is 0 Å². The molecule has 84 valence electrons. The van der Waals surface area contributed by atoms with E-state index in [9.17, 15) is 0 Å². The van der Waals surface area contributed by atoms with Gasteiger partial charge in [-0.15, -0.1) is 11.3 Å². The van der Waals surface area contributed by atoms with Gasteiger partial charge in [0, 0.05) is 11.4 Å². The van der Waals surface area contributed by atoms with E-state index in [1.54, 1.807) is 11.3 Å². The molecule has 2 aromatic rings. The highest BCUT2D eigenvalue weighted by molar-refractivity contribution is 9.11. The first-order valence-electron chi connectivity index (χ1n) is 5.08. The van der Waals surface area contributed by atoms with Crippen molar-refractivity contribution in [1.29, 1.82) is 0 Å². The van der Waals surface area contributed by atoms with Gasteiger partial charge in [-0.2, -0.15) is 0 Å². The molecule has 0 aliphatic carbocycles. The summed E-state index contributed by atoms with van der Waals surface area (Å²) in [6.07, 6.45) is 1.02. The smallest absolute Gasteiger partial charge is 0.0701 e. The second-order valence-corrected chi connectivity index (χ2v) is 6.02. The van der Waals surface area contributed by atoms with E-state index in [0.29, 0.717) is 0 Å². The number of anilines is 2. The molecule has 0 amide bonds. The van der Waals surface area contributed by atoms with Gasteiger partial charge in [0.05, 0.1) is 15.2 Å². The molecule has 0 saturated heterocycles. The standard InChI is InChI=1S/C12H13BrN2S/c13-12-6-5-9(16-12)7-8-15-11-4-2-1-3-10(11)14/h1-6,15H,7-8,14H2. The molecule has 1 aromatic heterocycles. The molecule has 3 N–H and O–H groups in total.